The third-order valence-electron chi connectivity index (χ3n) is 10.3. The van der Waals surface area contributed by atoms with Crippen molar-refractivity contribution in [3.63, 3.8) is 0 Å². The molecule has 8 rings (SSSR count). The first-order chi connectivity index (χ1) is 27.7. The van der Waals surface area contributed by atoms with Crippen molar-refractivity contribution in [1.82, 2.24) is 0 Å². The number of aromatic nitrogens is 1. The number of benzene rings is 5. The van der Waals surface area contributed by atoms with Crippen LogP contribution in [0.15, 0.2) is 190 Å². The number of hydrogen-bond acceptors (Lipinski definition) is 6. The van der Waals surface area contributed by atoms with Gasteiger partial charge in [0, 0.05) is 79.4 Å². The Kier molecular flexibility index (Phi) is 12.0. The fraction of sp³-hybridized carbons (Fsp3) is 0.0833. The van der Waals surface area contributed by atoms with Crippen LogP contribution >= 0.6 is 31.9 Å². The number of Topliss-reactive ketones (excluding diaryl/α,β-unsaturated/α-hetero) is 1. The Morgan fingerprint density at radius 3 is 1.60 bits per heavy atom. The van der Waals surface area contributed by atoms with E-state index in [0.29, 0.717) is 11.1 Å². The number of para-hydroxylation sites is 1. The molecule has 1 aliphatic carbocycles. The molecule has 0 bridgehead atoms. The molecule has 0 radical (unpaired) electrons. The lowest BCUT2D eigenvalue weighted by Crippen LogP contribution is -2.68. The molecule has 0 atom stereocenters. The molecule has 2 aliphatic rings. The van der Waals surface area contributed by atoms with Crippen LogP contribution < -0.4 is 28.1 Å². The van der Waals surface area contributed by atoms with Crippen molar-refractivity contribution < 1.29 is 38.2 Å². The van der Waals surface area contributed by atoms with E-state index < -0.39 is 10.2 Å². The van der Waals surface area contributed by atoms with Crippen LogP contribution in [-0.4, -0.2) is 12.8 Å². The lowest BCUT2D eigenvalue weighted by atomic mass is 9.83. The topological polar surface area (TPSA) is 116 Å². The first-order valence-corrected chi connectivity index (χ1v) is 21.1. The lowest BCUT2D eigenvalue weighted by molar-refractivity contribution is -2.00. The van der Waals surface area contributed by atoms with Gasteiger partial charge in [0.15, 0.2) is 5.78 Å². The van der Waals surface area contributed by atoms with E-state index in [-0.39, 0.29) is 11.2 Å². The highest BCUT2D eigenvalue weighted by Crippen LogP contribution is 2.47. The Labute approximate surface area is 356 Å². The van der Waals surface area contributed by atoms with Crippen LogP contribution in [0.4, 0.5) is 5.69 Å². The van der Waals surface area contributed by atoms with Gasteiger partial charge in [0.05, 0.1) is 0 Å². The maximum absolute atomic E-state index is 14.5. The second-order valence-electron chi connectivity index (χ2n) is 14.3. The minimum atomic E-state index is -4.94. The SMILES string of the molecule is CN1/C(=C\C=C2\C=C([n+]3c(-c4ccc(Br)cc4)cc(-c4ccccc4)cc3-c3ccc(Br)cc3)C=C(c3ccccc3)C2=O)C(C)(C)c2ccccc21.[O-][Cl+3]([O-])([O-])[O-]. The minimum Gasteiger partial charge on any atom is -0.347 e. The van der Waals surface area contributed by atoms with Crippen LogP contribution in [0, 0.1) is 10.2 Å². The van der Waals surface area contributed by atoms with Gasteiger partial charge in [-0.15, -0.1) is 10.2 Å². The van der Waals surface area contributed by atoms with Crippen molar-refractivity contribution in [1.29, 1.82) is 0 Å². The highest BCUT2D eigenvalue weighted by atomic mass is 79.9. The average Bonchev–Trinajstić information content (AvgIpc) is 3.41. The fourth-order valence-electron chi connectivity index (χ4n) is 7.53. The van der Waals surface area contributed by atoms with E-state index in [1.54, 1.807) is 0 Å². The van der Waals surface area contributed by atoms with Crippen LogP contribution in [0.5, 0.6) is 0 Å². The number of halogens is 3. The van der Waals surface area contributed by atoms with Crippen LogP contribution in [0.2, 0.25) is 0 Å². The molecule has 0 fully saturated rings. The highest BCUT2D eigenvalue weighted by Gasteiger charge is 2.38. The van der Waals surface area contributed by atoms with Crippen LogP contribution in [0.1, 0.15) is 25.0 Å². The second-order valence-corrected chi connectivity index (χ2v) is 16.9. The largest absolute Gasteiger partial charge is 0.347 e. The molecule has 290 valence electrons. The smallest absolute Gasteiger partial charge is 0.219 e. The summed E-state index contributed by atoms with van der Waals surface area (Å²) in [6, 6.07) is 50.4. The quantitative estimate of drug-likeness (QED) is 0.126. The van der Waals surface area contributed by atoms with E-state index >= 15 is 0 Å². The summed E-state index contributed by atoms with van der Waals surface area (Å²) in [5, 5.41) is 0. The number of pyridine rings is 1. The fourth-order valence-corrected chi connectivity index (χ4v) is 8.06. The van der Waals surface area contributed by atoms with Crippen LogP contribution in [-0.2, 0) is 10.2 Å². The van der Waals surface area contributed by atoms with Gasteiger partial charge in [-0.2, -0.15) is 4.57 Å². The summed E-state index contributed by atoms with van der Waals surface area (Å²) >= 11 is 7.30. The number of ketones is 1. The standard InChI is InChI=1S/C48H37Br2N2O.ClHO4/c1-48(2)42-16-10-11-17-43(42)51(3)46(48)27-22-36-28-40(31-41(47(36)53)33-14-8-5-9-15-33)52-44(34-18-23-38(49)24-19-34)29-37(32-12-6-4-7-13-32)30-45(52)35-20-25-39(50)26-21-35;2-1(3,4)5/h4-31H,1-3H3;(H,2,3,4,5)/q+1;/p-1/b36-22-,46-27-;. The van der Waals surface area contributed by atoms with Crippen LogP contribution in [0.3, 0.4) is 0 Å². The number of likely N-dealkylation sites (N-methyl/N-ethyl adjacent to an activating group) is 1. The molecule has 2 heterocycles. The molecule has 5 aromatic carbocycles. The summed E-state index contributed by atoms with van der Waals surface area (Å²) < 4.78 is 38.3. The second kappa shape index (κ2) is 16.9. The zero-order valence-electron chi connectivity index (χ0n) is 31.7. The molecule has 1 aromatic heterocycles. The molecule has 1 aliphatic heterocycles. The number of allylic oxidation sites excluding steroid dienone is 8. The predicted molar refractivity (Wildman–Crippen MR) is 226 cm³/mol. The van der Waals surface area contributed by atoms with Crippen LogP contribution in [0.25, 0.3) is 44.9 Å². The van der Waals surface area contributed by atoms with Gasteiger partial charge >= 0.3 is 0 Å². The summed E-state index contributed by atoms with van der Waals surface area (Å²) in [6.45, 7) is 4.50. The van der Waals surface area contributed by atoms with Crippen molar-refractivity contribution >= 4 is 54.6 Å². The summed E-state index contributed by atoms with van der Waals surface area (Å²) in [5.74, 6) is -0.00957. The number of fused-ring (bicyclic) bond motifs is 1. The lowest BCUT2D eigenvalue weighted by Gasteiger charge is -2.24. The Balaban J connectivity index is 0.000000966. The van der Waals surface area contributed by atoms with Gasteiger partial charge in [0.1, 0.15) is 0 Å². The monoisotopic (exact) mass is 914 g/mol. The molecule has 7 nitrogen and oxygen atoms in total. The minimum absolute atomic E-state index is 0.00957. The van der Waals surface area contributed by atoms with Gasteiger partial charge in [-0.3, -0.25) is 4.79 Å². The summed E-state index contributed by atoms with van der Waals surface area (Å²) in [6.07, 6.45) is 8.24. The van der Waals surface area contributed by atoms with E-state index in [1.807, 2.05) is 48.6 Å². The number of hydrogen-bond donors (Lipinski definition) is 0. The van der Waals surface area contributed by atoms with Gasteiger partial charge in [-0.25, -0.2) is 18.6 Å². The molecule has 0 spiro atoms. The zero-order valence-corrected chi connectivity index (χ0v) is 35.7. The number of carbonyl (C=O) groups is 1. The Morgan fingerprint density at radius 1 is 0.603 bits per heavy atom. The summed E-state index contributed by atoms with van der Waals surface area (Å²) in [7, 11) is -2.84. The van der Waals surface area contributed by atoms with Gasteiger partial charge < -0.3 is 4.90 Å². The molecular formula is C48H37Br2ClN2O5. The first kappa shape index (κ1) is 40.9. The summed E-state index contributed by atoms with van der Waals surface area (Å²) in [5.41, 5.74) is 12.8. The third kappa shape index (κ3) is 8.92. The molecule has 6 aromatic rings. The Hall–Kier alpha value is -5.23. The number of carbonyl (C=O) groups excluding carboxylic acids is 1. The molecule has 0 N–H and O–H groups in total. The molecular weight excluding hydrogens is 880 g/mol. The number of rotatable bonds is 6. The van der Waals surface area contributed by atoms with Gasteiger partial charge in [0.2, 0.25) is 17.1 Å². The van der Waals surface area contributed by atoms with Gasteiger partial charge in [-0.05, 0) is 89.0 Å². The molecule has 10 heteroatoms. The van der Waals surface area contributed by atoms with E-state index in [4.69, 9.17) is 18.6 Å². The molecule has 58 heavy (non-hydrogen) atoms. The third-order valence-corrected chi connectivity index (χ3v) is 11.3. The van der Waals surface area contributed by atoms with Gasteiger partial charge in [-0.1, -0.05) is 125 Å². The summed E-state index contributed by atoms with van der Waals surface area (Å²) in [4.78, 5) is 16.8. The Morgan fingerprint density at radius 2 is 1.09 bits per heavy atom. The maximum Gasteiger partial charge on any atom is 0.219 e. The molecule has 0 unspecified atom stereocenters. The molecule has 0 saturated heterocycles. The average molecular weight is 917 g/mol. The van der Waals surface area contributed by atoms with Crippen molar-refractivity contribution in [2.45, 2.75) is 19.3 Å². The number of anilines is 1. The van der Waals surface area contributed by atoms with Crippen molar-refractivity contribution in [2.24, 2.45) is 0 Å². The molecule has 0 saturated carbocycles. The molecule has 0 amide bonds. The maximum atomic E-state index is 14.5. The first-order valence-electron chi connectivity index (χ1n) is 18.3. The highest BCUT2D eigenvalue weighted by molar-refractivity contribution is 9.10. The number of nitrogens with zero attached hydrogens (tertiary/aromatic N) is 2. The van der Waals surface area contributed by atoms with Gasteiger partial charge in [0.25, 0.3) is 0 Å². The van der Waals surface area contributed by atoms with E-state index in [2.05, 4.69) is 184 Å². The van der Waals surface area contributed by atoms with E-state index in [9.17, 15) is 4.79 Å². The van der Waals surface area contributed by atoms with Crippen molar-refractivity contribution in [2.75, 3.05) is 11.9 Å². The predicted octanol–water partition coefficient (Wildman–Crippen LogP) is 7.49. The zero-order chi connectivity index (χ0) is 41.2. The van der Waals surface area contributed by atoms with E-state index in [1.165, 1.54) is 11.3 Å². The normalized spacial score (nSPS) is 16.1. The Bertz CT molecular complexity index is 2540. The van der Waals surface area contributed by atoms with E-state index in [0.717, 1.165) is 59.5 Å². The van der Waals surface area contributed by atoms with Crippen molar-refractivity contribution in [3.8, 4) is 33.6 Å². The van der Waals surface area contributed by atoms with Crippen molar-refractivity contribution in [3.05, 3.63) is 201 Å².